The molecule has 110 valence electrons. The Morgan fingerprint density at radius 1 is 1.24 bits per heavy atom. The zero-order valence-electron chi connectivity index (χ0n) is 12.2. The number of hydrogen-bond donors (Lipinski definition) is 1. The van der Waals surface area contributed by atoms with Crippen LogP contribution in [0.2, 0.25) is 0 Å². The summed E-state index contributed by atoms with van der Waals surface area (Å²) in [7, 11) is 0. The van der Waals surface area contributed by atoms with Crippen LogP contribution >= 0.6 is 15.9 Å². The van der Waals surface area contributed by atoms with Crippen molar-refractivity contribution in [1.82, 2.24) is 5.32 Å². The van der Waals surface area contributed by atoms with Gasteiger partial charge in [-0.3, -0.25) is 0 Å². The van der Waals surface area contributed by atoms with Crippen molar-refractivity contribution in [3.8, 4) is 0 Å². The molecule has 0 saturated heterocycles. The van der Waals surface area contributed by atoms with Crippen molar-refractivity contribution in [2.24, 2.45) is 0 Å². The van der Waals surface area contributed by atoms with Crippen LogP contribution in [-0.2, 0) is 11.2 Å². The predicted molar refractivity (Wildman–Crippen MR) is 89.4 cm³/mol. The fourth-order valence-electron chi connectivity index (χ4n) is 2.82. The Morgan fingerprint density at radius 2 is 2.10 bits per heavy atom. The third-order valence-electron chi connectivity index (χ3n) is 4.05. The van der Waals surface area contributed by atoms with E-state index in [-0.39, 0.29) is 6.10 Å². The van der Waals surface area contributed by atoms with Crippen molar-refractivity contribution in [1.29, 1.82) is 0 Å². The van der Waals surface area contributed by atoms with E-state index >= 15 is 0 Å². The number of fused-ring (bicyclic) bond motifs is 1. The van der Waals surface area contributed by atoms with Crippen LogP contribution < -0.4 is 5.32 Å². The standard InChI is InChI=1S/C18H20BrNO/c1-13(15-6-4-7-16(19)11-15)20-12-18-17-8-3-2-5-14(17)9-10-21-18/h2-8,11,13,18,20H,9-10,12H2,1H3/t13-,18?/m0/s1. The summed E-state index contributed by atoms with van der Waals surface area (Å²) in [6, 6.07) is 17.3. The van der Waals surface area contributed by atoms with Crippen LogP contribution in [0.1, 0.15) is 35.8 Å². The second kappa shape index (κ2) is 6.73. The molecule has 2 aromatic rings. The van der Waals surface area contributed by atoms with Gasteiger partial charge >= 0.3 is 0 Å². The van der Waals surface area contributed by atoms with Crippen molar-refractivity contribution in [2.45, 2.75) is 25.5 Å². The maximum Gasteiger partial charge on any atom is 0.0952 e. The highest BCUT2D eigenvalue weighted by Gasteiger charge is 2.20. The molecule has 0 aliphatic carbocycles. The Morgan fingerprint density at radius 3 is 2.95 bits per heavy atom. The minimum atomic E-state index is 0.157. The van der Waals surface area contributed by atoms with Crippen LogP contribution in [0.25, 0.3) is 0 Å². The Labute approximate surface area is 134 Å². The Balaban J connectivity index is 1.66. The van der Waals surface area contributed by atoms with Gasteiger partial charge in [-0.2, -0.15) is 0 Å². The third kappa shape index (κ3) is 3.54. The molecule has 3 rings (SSSR count). The minimum Gasteiger partial charge on any atom is -0.372 e. The molecule has 0 fully saturated rings. The van der Waals surface area contributed by atoms with Gasteiger partial charge in [0.05, 0.1) is 12.7 Å². The predicted octanol–water partition coefficient (Wildman–Crippen LogP) is 4.41. The van der Waals surface area contributed by atoms with E-state index in [0.717, 1.165) is 24.0 Å². The second-order valence-electron chi connectivity index (χ2n) is 5.49. The van der Waals surface area contributed by atoms with E-state index < -0.39 is 0 Å². The van der Waals surface area contributed by atoms with Gasteiger partial charge in [-0.1, -0.05) is 52.3 Å². The van der Waals surface area contributed by atoms with Crippen LogP contribution in [0.3, 0.4) is 0 Å². The molecule has 2 aromatic carbocycles. The highest BCUT2D eigenvalue weighted by Crippen LogP contribution is 2.27. The Kier molecular flexibility index (Phi) is 4.73. The maximum atomic E-state index is 5.94. The summed E-state index contributed by atoms with van der Waals surface area (Å²) in [6.07, 6.45) is 1.18. The average Bonchev–Trinajstić information content (AvgIpc) is 2.52. The molecule has 21 heavy (non-hydrogen) atoms. The first kappa shape index (κ1) is 14.8. The summed E-state index contributed by atoms with van der Waals surface area (Å²) >= 11 is 3.53. The van der Waals surface area contributed by atoms with Crippen LogP contribution in [0.4, 0.5) is 0 Å². The quantitative estimate of drug-likeness (QED) is 0.885. The number of nitrogens with one attached hydrogen (secondary N) is 1. The van der Waals surface area contributed by atoms with Crippen LogP contribution in [0, 0.1) is 0 Å². The van der Waals surface area contributed by atoms with Gasteiger partial charge in [-0.15, -0.1) is 0 Å². The Bertz CT molecular complexity index is 614. The molecule has 1 heterocycles. The Hall–Kier alpha value is -1.16. The molecule has 3 heteroatoms. The monoisotopic (exact) mass is 345 g/mol. The molecule has 2 nitrogen and oxygen atoms in total. The van der Waals surface area contributed by atoms with Crippen molar-refractivity contribution in [3.05, 3.63) is 69.7 Å². The lowest BCUT2D eigenvalue weighted by atomic mass is 9.97. The van der Waals surface area contributed by atoms with Crippen molar-refractivity contribution in [2.75, 3.05) is 13.2 Å². The van der Waals surface area contributed by atoms with Gasteiger partial charge in [0, 0.05) is 17.1 Å². The van der Waals surface area contributed by atoms with Gasteiger partial charge in [0.15, 0.2) is 0 Å². The highest BCUT2D eigenvalue weighted by atomic mass is 79.9. The summed E-state index contributed by atoms with van der Waals surface area (Å²) in [5.74, 6) is 0. The van der Waals surface area contributed by atoms with Crippen LogP contribution in [0.5, 0.6) is 0 Å². The lowest BCUT2D eigenvalue weighted by Gasteiger charge is -2.27. The highest BCUT2D eigenvalue weighted by molar-refractivity contribution is 9.10. The molecule has 0 spiro atoms. The number of hydrogen-bond acceptors (Lipinski definition) is 2. The van der Waals surface area contributed by atoms with Crippen molar-refractivity contribution < 1.29 is 4.74 Å². The van der Waals surface area contributed by atoms with Gasteiger partial charge in [0.2, 0.25) is 0 Å². The van der Waals surface area contributed by atoms with E-state index in [1.165, 1.54) is 16.7 Å². The molecule has 0 bridgehead atoms. The number of ether oxygens (including phenoxy) is 1. The molecule has 2 atom stereocenters. The van der Waals surface area contributed by atoms with Crippen LogP contribution in [-0.4, -0.2) is 13.2 Å². The van der Waals surface area contributed by atoms with E-state index in [2.05, 4.69) is 76.7 Å². The van der Waals surface area contributed by atoms with E-state index in [4.69, 9.17) is 4.74 Å². The zero-order valence-corrected chi connectivity index (χ0v) is 13.8. The first-order chi connectivity index (χ1) is 10.2. The average molecular weight is 346 g/mol. The third-order valence-corrected chi connectivity index (χ3v) is 4.54. The minimum absolute atomic E-state index is 0.157. The molecule has 0 aromatic heterocycles. The van der Waals surface area contributed by atoms with Gasteiger partial charge in [0.1, 0.15) is 0 Å². The topological polar surface area (TPSA) is 21.3 Å². The largest absolute Gasteiger partial charge is 0.372 e. The van der Waals surface area contributed by atoms with Gasteiger partial charge in [-0.25, -0.2) is 0 Å². The van der Waals surface area contributed by atoms with E-state index in [1.54, 1.807) is 0 Å². The summed E-state index contributed by atoms with van der Waals surface area (Å²) in [5, 5.41) is 3.59. The molecule has 0 radical (unpaired) electrons. The first-order valence-corrected chi connectivity index (χ1v) is 8.21. The molecular weight excluding hydrogens is 326 g/mol. The number of benzene rings is 2. The first-order valence-electron chi connectivity index (χ1n) is 7.42. The van der Waals surface area contributed by atoms with E-state index in [1.807, 2.05) is 0 Å². The second-order valence-corrected chi connectivity index (χ2v) is 6.41. The fourth-order valence-corrected chi connectivity index (χ4v) is 3.24. The van der Waals surface area contributed by atoms with Gasteiger partial charge in [-0.05, 0) is 42.2 Å². The number of halogens is 1. The van der Waals surface area contributed by atoms with Crippen molar-refractivity contribution >= 4 is 15.9 Å². The summed E-state index contributed by atoms with van der Waals surface area (Å²) < 4.78 is 7.06. The lowest BCUT2D eigenvalue weighted by Crippen LogP contribution is -2.29. The van der Waals surface area contributed by atoms with E-state index in [0.29, 0.717) is 6.04 Å². The normalized spacial score (nSPS) is 19.0. The fraction of sp³-hybridized carbons (Fsp3) is 0.333. The van der Waals surface area contributed by atoms with Crippen molar-refractivity contribution in [3.63, 3.8) is 0 Å². The smallest absolute Gasteiger partial charge is 0.0952 e. The molecule has 1 unspecified atom stereocenters. The molecule has 0 saturated carbocycles. The summed E-state index contributed by atoms with van der Waals surface area (Å²) in [5.41, 5.74) is 4.04. The molecule has 0 amide bonds. The molecular formula is C18H20BrNO. The van der Waals surface area contributed by atoms with Gasteiger partial charge < -0.3 is 10.1 Å². The van der Waals surface area contributed by atoms with Crippen LogP contribution in [0.15, 0.2) is 53.0 Å². The molecule has 1 N–H and O–H groups in total. The number of rotatable bonds is 4. The molecule has 1 aliphatic heterocycles. The zero-order chi connectivity index (χ0) is 14.7. The lowest BCUT2D eigenvalue weighted by molar-refractivity contribution is 0.0410. The summed E-state index contributed by atoms with van der Waals surface area (Å²) in [4.78, 5) is 0. The summed E-state index contributed by atoms with van der Waals surface area (Å²) in [6.45, 7) is 3.84. The maximum absolute atomic E-state index is 5.94. The van der Waals surface area contributed by atoms with E-state index in [9.17, 15) is 0 Å². The SMILES string of the molecule is C[C@H](NCC1OCCc2ccccc21)c1cccc(Br)c1. The van der Waals surface area contributed by atoms with Gasteiger partial charge in [0.25, 0.3) is 0 Å². The molecule has 1 aliphatic rings.